The minimum absolute atomic E-state index is 0.0682. The van der Waals surface area contributed by atoms with Crippen LogP contribution in [0.1, 0.15) is 17.3 Å². The lowest BCUT2D eigenvalue weighted by Crippen LogP contribution is -2.49. The van der Waals surface area contributed by atoms with E-state index in [0.29, 0.717) is 37.4 Å². The molecule has 1 aliphatic heterocycles. The molecule has 0 radical (unpaired) electrons. The highest BCUT2D eigenvalue weighted by atomic mass is 16.2. The van der Waals surface area contributed by atoms with Crippen LogP contribution in [0.3, 0.4) is 0 Å². The molecule has 0 atom stereocenters. The van der Waals surface area contributed by atoms with E-state index in [1.54, 1.807) is 36.1 Å². The van der Waals surface area contributed by atoms with Crippen molar-refractivity contribution in [1.82, 2.24) is 9.80 Å². The fourth-order valence-corrected chi connectivity index (χ4v) is 2.34. The molecule has 1 fully saturated rings. The number of nitrogens with two attached hydrogens (primary N) is 1. The summed E-state index contributed by atoms with van der Waals surface area (Å²) in [5.41, 5.74) is 6.18. The van der Waals surface area contributed by atoms with E-state index in [0.717, 1.165) is 0 Å². The molecular formula is C15H20N4O3. The topological polar surface area (TPSA) is 95.7 Å². The van der Waals surface area contributed by atoms with Crippen molar-refractivity contribution in [1.29, 1.82) is 0 Å². The molecule has 1 aromatic carbocycles. The standard InChI is InChI=1S/C15H20N4O3/c1-11(20)19-8-6-18(7-9-19)10-14(21)17-13-4-2-12(3-5-13)15(16)22/h2-5H,6-10H2,1H3,(H2,16,22)(H,17,21). The van der Waals surface area contributed by atoms with Gasteiger partial charge in [-0.2, -0.15) is 0 Å². The first-order valence-corrected chi connectivity index (χ1v) is 7.13. The third-order valence-corrected chi connectivity index (χ3v) is 3.64. The number of hydrogen-bond donors (Lipinski definition) is 2. The summed E-state index contributed by atoms with van der Waals surface area (Å²) in [6.45, 7) is 4.51. The van der Waals surface area contributed by atoms with Crippen LogP contribution < -0.4 is 11.1 Å². The highest BCUT2D eigenvalue weighted by Gasteiger charge is 2.20. The summed E-state index contributed by atoms with van der Waals surface area (Å²) in [5.74, 6) is -0.553. The van der Waals surface area contributed by atoms with Gasteiger partial charge in [-0.3, -0.25) is 19.3 Å². The van der Waals surface area contributed by atoms with Gasteiger partial charge in [0.15, 0.2) is 0 Å². The summed E-state index contributed by atoms with van der Waals surface area (Å²) in [5, 5.41) is 2.78. The average Bonchev–Trinajstić information content (AvgIpc) is 2.48. The zero-order chi connectivity index (χ0) is 16.1. The van der Waals surface area contributed by atoms with Gasteiger partial charge in [-0.1, -0.05) is 0 Å². The van der Waals surface area contributed by atoms with E-state index in [4.69, 9.17) is 5.73 Å². The van der Waals surface area contributed by atoms with Crippen molar-refractivity contribution in [2.75, 3.05) is 38.0 Å². The SMILES string of the molecule is CC(=O)N1CCN(CC(=O)Nc2ccc(C(N)=O)cc2)CC1. The number of benzene rings is 1. The Balaban J connectivity index is 1.81. The Kier molecular flexibility index (Phi) is 5.11. The smallest absolute Gasteiger partial charge is 0.248 e. The summed E-state index contributed by atoms with van der Waals surface area (Å²) in [4.78, 5) is 38.0. The van der Waals surface area contributed by atoms with Gasteiger partial charge in [-0.15, -0.1) is 0 Å². The van der Waals surface area contributed by atoms with Crippen molar-refractivity contribution in [2.45, 2.75) is 6.92 Å². The summed E-state index contributed by atoms with van der Waals surface area (Å²) in [6, 6.07) is 6.44. The Morgan fingerprint density at radius 3 is 2.18 bits per heavy atom. The first kappa shape index (κ1) is 16.0. The fourth-order valence-electron chi connectivity index (χ4n) is 2.34. The van der Waals surface area contributed by atoms with Crippen molar-refractivity contribution in [3.05, 3.63) is 29.8 Å². The normalized spacial score (nSPS) is 15.4. The van der Waals surface area contributed by atoms with E-state index in [-0.39, 0.29) is 18.4 Å². The van der Waals surface area contributed by atoms with Crippen molar-refractivity contribution in [3.8, 4) is 0 Å². The lowest BCUT2D eigenvalue weighted by atomic mass is 10.2. The lowest BCUT2D eigenvalue weighted by Gasteiger charge is -2.33. The Labute approximate surface area is 129 Å². The molecule has 1 aromatic rings. The number of amides is 3. The second-order valence-electron chi connectivity index (χ2n) is 5.27. The molecule has 0 aromatic heterocycles. The van der Waals surface area contributed by atoms with E-state index in [1.807, 2.05) is 4.90 Å². The van der Waals surface area contributed by atoms with Gasteiger partial charge in [0.05, 0.1) is 6.54 Å². The van der Waals surface area contributed by atoms with E-state index in [1.165, 1.54) is 0 Å². The van der Waals surface area contributed by atoms with Crippen molar-refractivity contribution < 1.29 is 14.4 Å². The second kappa shape index (κ2) is 7.04. The van der Waals surface area contributed by atoms with Crippen LogP contribution >= 0.6 is 0 Å². The molecule has 3 amide bonds. The fraction of sp³-hybridized carbons (Fsp3) is 0.400. The van der Waals surface area contributed by atoms with Gasteiger partial charge in [0, 0.05) is 44.4 Å². The largest absolute Gasteiger partial charge is 0.366 e. The van der Waals surface area contributed by atoms with Crippen LogP contribution in [-0.2, 0) is 9.59 Å². The van der Waals surface area contributed by atoms with Crippen LogP contribution in [0, 0.1) is 0 Å². The molecule has 0 spiro atoms. The molecule has 1 saturated heterocycles. The Hall–Kier alpha value is -2.41. The molecular weight excluding hydrogens is 284 g/mol. The average molecular weight is 304 g/mol. The maximum absolute atomic E-state index is 12.0. The maximum atomic E-state index is 12.0. The zero-order valence-electron chi connectivity index (χ0n) is 12.5. The molecule has 7 heteroatoms. The number of anilines is 1. The third kappa shape index (κ3) is 4.29. The molecule has 0 aliphatic carbocycles. The van der Waals surface area contributed by atoms with Gasteiger partial charge in [-0.05, 0) is 24.3 Å². The number of nitrogens with zero attached hydrogens (tertiary/aromatic N) is 2. The van der Waals surface area contributed by atoms with Gasteiger partial charge < -0.3 is 16.0 Å². The second-order valence-corrected chi connectivity index (χ2v) is 5.27. The van der Waals surface area contributed by atoms with E-state index in [2.05, 4.69) is 5.32 Å². The third-order valence-electron chi connectivity index (χ3n) is 3.64. The molecule has 3 N–H and O–H groups in total. The number of piperazine rings is 1. The van der Waals surface area contributed by atoms with Crippen molar-refractivity contribution >= 4 is 23.4 Å². The first-order valence-electron chi connectivity index (χ1n) is 7.13. The quantitative estimate of drug-likeness (QED) is 0.811. The van der Waals surface area contributed by atoms with Crippen LogP contribution in [-0.4, -0.2) is 60.2 Å². The van der Waals surface area contributed by atoms with Gasteiger partial charge in [-0.25, -0.2) is 0 Å². The molecule has 2 rings (SSSR count). The van der Waals surface area contributed by atoms with E-state index < -0.39 is 5.91 Å². The summed E-state index contributed by atoms with van der Waals surface area (Å²) in [7, 11) is 0. The number of primary amides is 1. The molecule has 0 bridgehead atoms. The minimum Gasteiger partial charge on any atom is -0.366 e. The monoisotopic (exact) mass is 304 g/mol. The highest BCUT2D eigenvalue weighted by molar-refractivity contribution is 5.95. The van der Waals surface area contributed by atoms with Crippen LogP contribution in [0.4, 0.5) is 5.69 Å². The van der Waals surface area contributed by atoms with Crippen molar-refractivity contribution in [2.24, 2.45) is 5.73 Å². The Morgan fingerprint density at radius 1 is 1.09 bits per heavy atom. The summed E-state index contributed by atoms with van der Waals surface area (Å²) < 4.78 is 0. The van der Waals surface area contributed by atoms with Gasteiger partial charge in [0.1, 0.15) is 0 Å². The highest BCUT2D eigenvalue weighted by Crippen LogP contribution is 2.09. The minimum atomic E-state index is -0.499. The Morgan fingerprint density at radius 2 is 1.68 bits per heavy atom. The van der Waals surface area contributed by atoms with E-state index in [9.17, 15) is 14.4 Å². The van der Waals surface area contributed by atoms with E-state index >= 15 is 0 Å². The van der Waals surface area contributed by atoms with Crippen LogP contribution in [0.5, 0.6) is 0 Å². The predicted octanol–water partition coefficient (Wildman–Crippen LogP) is -0.112. The maximum Gasteiger partial charge on any atom is 0.248 e. The van der Waals surface area contributed by atoms with Crippen LogP contribution in [0.15, 0.2) is 24.3 Å². The number of rotatable bonds is 4. The number of hydrogen-bond acceptors (Lipinski definition) is 4. The number of carbonyl (C=O) groups excluding carboxylic acids is 3. The lowest BCUT2D eigenvalue weighted by molar-refractivity contribution is -0.130. The number of nitrogens with one attached hydrogen (secondary N) is 1. The molecule has 1 heterocycles. The predicted molar refractivity (Wildman–Crippen MR) is 82.3 cm³/mol. The molecule has 118 valence electrons. The Bertz CT molecular complexity index is 563. The molecule has 1 aliphatic rings. The molecule has 22 heavy (non-hydrogen) atoms. The van der Waals surface area contributed by atoms with Gasteiger partial charge in [0.25, 0.3) is 0 Å². The molecule has 0 saturated carbocycles. The molecule has 0 unspecified atom stereocenters. The molecule has 7 nitrogen and oxygen atoms in total. The summed E-state index contributed by atoms with van der Waals surface area (Å²) >= 11 is 0. The van der Waals surface area contributed by atoms with Gasteiger partial charge >= 0.3 is 0 Å². The van der Waals surface area contributed by atoms with Crippen LogP contribution in [0.2, 0.25) is 0 Å². The summed E-state index contributed by atoms with van der Waals surface area (Å²) in [6.07, 6.45) is 0. The number of carbonyl (C=O) groups is 3. The first-order chi connectivity index (χ1) is 10.5. The zero-order valence-corrected chi connectivity index (χ0v) is 12.5. The van der Waals surface area contributed by atoms with Gasteiger partial charge in [0.2, 0.25) is 17.7 Å². The van der Waals surface area contributed by atoms with Crippen LogP contribution in [0.25, 0.3) is 0 Å². The van der Waals surface area contributed by atoms with Crippen molar-refractivity contribution in [3.63, 3.8) is 0 Å².